The molecule has 0 fully saturated rings. The van der Waals surface area contributed by atoms with E-state index in [9.17, 15) is 0 Å². The first-order valence-corrected chi connectivity index (χ1v) is 7.29. The van der Waals surface area contributed by atoms with Gasteiger partial charge < -0.3 is 5.32 Å². The number of aryl methyl sites for hydroxylation is 1. The molecule has 0 atom stereocenters. The predicted octanol–water partition coefficient (Wildman–Crippen LogP) is 2.66. The fourth-order valence-electron chi connectivity index (χ4n) is 2.28. The molecule has 0 aliphatic heterocycles. The van der Waals surface area contributed by atoms with Crippen LogP contribution in [0.1, 0.15) is 12.0 Å². The minimum Gasteiger partial charge on any atom is -0.313 e. The van der Waals surface area contributed by atoms with E-state index in [0.717, 1.165) is 47.5 Å². The number of nitrogens with zero attached hydrogens (tertiary/aromatic N) is 4. The fourth-order valence-corrected chi connectivity index (χ4v) is 2.50. The van der Waals surface area contributed by atoms with Crippen LogP contribution in [-0.2, 0) is 13.1 Å². The smallest absolute Gasteiger partial charge is 0.0761 e. The summed E-state index contributed by atoms with van der Waals surface area (Å²) in [6.07, 6.45) is 6.37. The van der Waals surface area contributed by atoms with Crippen LogP contribution in [0.5, 0.6) is 0 Å². The van der Waals surface area contributed by atoms with Gasteiger partial charge in [0.05, 0.1) is 11.7 Å². The summed E-state index contributed by atoms with van der Waals surface area (Å²) in [5.41, 5.74) is 2.13. The molecule has 2 heterocycles. The highest BCUT2D eigenvalue weighted by Gasteiger charge is 2.05. The molecule has 1 N–H and O–H groups in total. The molecule has 108 valence electrons. The molecule has 0 saturated heterocycles. The van der Waals surface area contributed by atoms with E-state index in [1.54, 1.807) is 12.4 Å². The highest BCUT2D eigenvalue weighted by Crippen LogP contribution is 2.24. The topological polar surface area (TPSA) is 55.6 Å². The molecule has 0 unspecified atom stereocenters. The van der Waals surface area contributed by atoms with Crippen LogP contribution in [0.2, 0.25) is 5.02 Å². The van der Waals surface area contributed by atoms with Crippen molar-refractivity contribution in [2.24, 2.45) is 0 Å². The minimum atomic E-state index is 0.744. The Hall–Kier alpha value is -1.98. The molecule has 3 aromatic rings. The summed E-state index contributed by atoms with van der Waals surface area (Å²) in [6, 6.07) is 7.86. The molecule has 6 heteroatoms. The summed E-state index contributed by atoms with van der Waals surface area (Å²) in [7, 11) is 0. The molecule has 0 aliphatic rings. The molecule has 0 saturated carbocycles. The van der Waals surface area contributed by atoms with E-state index in [-0.39, 0.29) is 0 Å². The predicted molar refractivity (Wildman–Crippen MR) is 83.1 cm³/mol. The molecule has 5 nitrogen and oxygen atoms in total. The molecule has 0 bridgehead atoms. The van der Waals surface area contributed by atoms with Crippen molar-refractivity contribution in [1.29, 1.82) is 0 Å². The average molecular weight is 302 g/mol. The van der Waals surface area contributed by atoms with Crippen molar-refractivity contribution in [2.45, 2.75) is 19.5 Å². The second kappa shape index (κ2) is 6.65. The van der Waals surface area contributed by atoms with Crippen LogP contribution in [0, 0.1) is 0 Å². The Morgan fingerprint density at radius 1 is 1.19 bits per heavy atom. The summed E-state index contributed by atoms with van der Waals surface area (Å²) in [6.45, 7) is 2.56. The SMILES string of the molecule is Clc1ccc(CNCCCn2ccnn2)c2ncccc12. The Balaban J connectivity index is 1.57. The van der Waals surface area contributed by atoms with E-state index in [0.29, 0.717) is 0 Å². The Morgan fingerprint density at radius 3 is 3.00 bits per heavy atom. The summed E-state index contributed by atoms with van der Waals surface area (Å²) in [4.78, 5) is 4.43. The lowest BCUT2D eigenvalue weighted by atomic mass is 10.1. The number of hydrogen-bond donors (Lipinski definition) is 1. The minimum absolute atomic E-state index is 0.744. The summed E-state index contributed by atoms with van der Waals surface area (Å²) in [5, 5.41) is 12.9. The third-order valence-corrected chi connectivity index (χ3v) is 3.66. The molecule has 3 rings (SSSR count). The lowest BCUT2D eigenvalue weighted by Crippen LogP contribution is -2.17. The Morgan fingerprint density at radius 2 is 2.14 bits per heavy atom. The summed E-state index contributed by atoms with van der Waals surface area (Å²) >= 11 is 6.19. The van der Waals surface area contributed by atoms with Gasteiger partial charge in [0.1, 0.15) is 0 Å². The highest BCUT2D eigenvalue weighted by atomic mass is 35.5. The first-order valence-electron chi connectivity index (χ1n) is 6.91. The quantitative estimate of drug-likeness (QED) is 0.711. The van der Waals surface area contributed by atoms with Gasteiger partial charge in [0, 0.05) is 35.9 Å². The molecule has 0 radical (unpaired) electrons. The van der Waals surface area contributed by atoms with Gasteiger partial charge in [0.25, 0.3) is 0 Å². The largest absolute Gasteiger partial charge is 0.313 e. The molecule has 0 spiro atoms. The maximum Gasteiger partial charge on any atom is 0.0761 e. The monoisotopic (exact) mass is 301 g/mol. The van der Waals surface area contributed by atoms with Crippen molar-refractivity contribution in [1.82, 2.24) is 25.3 Å². The summed E-state index contributed by atoms with van der Waals surface area (Å²) in [5.74, 6) is 0. The van der Waals surface area contributed by atoms with E-state index in [1.165, 1.54) is 0 Å². The first-order chi connectivity index (χ1) is 10.3. The normalized spacial score (nSPS) is 11.1. The van der Waals surface area contributed by atoms with E-state index < -0.39 is 0 Å². The van der Waals surface area contributed by atoms with Crippen molar-refractivity contribution in [3.8, 4) is 0 Å². The zero-order valence-corrected chi connectivity index (χ0v) is 12.3. The van der Waals surface area contributed by atoms with Gasteiger partial charge in [-0.1, -0.05) is 22.9 Å². The summed E-state index contributed by atoms with van der Waals surface area (Å²) < 4.78 is 1.83. The van der Waals surface area contributed by atoms with Gasteiger partial charge in [-0.2, -0.15) is 0 Å². The van der Waals surface area contributed by atoms with Crippen LogP contribution in [0.15, 0.2) is 42.9 Å². The Kier molecular flexibility index (Phi) is 4.43. The van der Waals surface area contributed by atoms with Crippen LogP contribution in [0.4, 0.5) is 0 Å². The Bertz CT molecular complexity index is 711. The number of hydrogen-bond acceptors (Lipinski definition) is 4. The zero-order chi connectivity index (χ0) is 14.5. The van der Waals surface area contributed by atoms with E-state index >= 15 is 0 Å². The van der Waals surface area contributed by atoms with Crippen LogP contribution in [-0.4, -0.2) is 26.5 Å². The van der Waals surface area contributed by atoms with Gasteiger partial charge >= 0.3 is 0 Å². The third kappa shape index (κ3) is 3.37. The first kappa shape index (κ1) is 14.0. The van der Waals surface area contributed by atoms with Crippen molar-refractivity contribution < 1.29 is 0 Å². The number of fused-ring (bicyclic) bond motifs is 1. The van der Waals surface area contributed by atoms with Crippen LogP contribution in [0.3, 0.4) is 0 Å². The van der Waals surface area contributed by atoms with Gasteiger partial charge in [-0.25, -0.2) is 0 Å². The molecule has 0 aliphatic carbocycles. The van der Waals surface area contributed by atoms with E-state index in [2.05, 4.69) is 20.6 Å². The van der Waals surface area contributed by atoms with Crippen molar-refractivity contribution in [3.05, 3.63) is 53.4 Å². The number of rotatable bonds is 6. The lowest BCUT2D eigenvalue weighted by molar-refractivity contribution is 0.530. The molecule has 2 aromatic heterocycles. The zero-order valence-electron chi connectivity index (χ0n) is 11.5. The van der Waals surface area contributed by atoms with Crippen molar-refractivity contribution in [3.63, 3.8) is 0 Å². The number of nitrogens with one attached hydrogen (secondary N) is 1. The van der Waals surface area contributed by atoms with Crippen molar-refractivity contribution >= 4 is 22.5 Å². The number of pyridine rings is 1. The fraction of sp³-hybridized carbons (Fsp3) is 0.267. The second-order valence-corrected chi connectivity index (χ2v) is 5.21. The van der Waals surface area contributed by atoms with Crippen molar-refractivity contribution in [2.75, 3.05) is 6.54 Å². The van der Waals surface area contributed by atoms with Crippen LogP contribution in [0.25, 0.3) is 10.9 Å². The van der Waals surface area contributed by atoms with E-state index in [4.69, 9.17) is 11.6 Å². The number of aromatic nitrogens is 4. The molecular formula is C15H16ClN5. The maximum absolute atomic E-state index is 6.19. The second-order valence-electron chi connectivity index (χ2n) is 4.80. The molecule has 0 amide bonds. The average Bonchev–Trinajstić information content (AvgIpc) is 3.03. The van der Waals surface area contributed by atoms with Gasteiger partial charge in [0.15, 0.2) is 0 Å². The third-order valence-electron chi connectivity index (χ3n) is 3.33. The lowest BCUT2D eigenvalue weighted by Gasteiger charge is -2.08. The maximum atomic E-state index is 6.19. The standard InChI is InChI=1S/C15H16ClN5/c16-14-5-4-12(15-13(14)3-1-7-18-15)11-17-6-2-9-21-10-8-19-20-21/h1,3-5,7-8,10,17H,2,6,9,11H2. The van der Waals surface area contributed by atoms with Crippen LogP contribution < -0.4 is 5.32 Å². The molecule has 1 aromatic carbocycles. The van der Waals surface area contributed by atoms with E-state index in [1.807, 2.05) is 35.1 Å². The molecular weight excluding hydrogens is 286 g/mol. The number of benzene rings is 1. The molecule has 21 heavy (non-hydrogen) atoms. The number of halogens is 1. The van der Waals surface area contributed by atoms with Gasteiger partial charge in [-0.3, -0.25) is 9.67 Å². The van der Waals surface area contributed by atoms with Gasteiger partial charge in [0.2, 0.25) is 0 Å². The van der Waals surface area contributed by atoms with Gasteiger partial charge in [-0.05, 0) is 36.7 Å². The van der Waals surface area contributed by atoms with Gasteiger partial charge in [-0.15, -0.1) is 5.10 Å². The Labute approximate surface area is 127 Å². The van der Waals surface area contributed by atoms with Crippen LogP contribution >= 0.6 is 11.6 Å². The highest BCUT2D eigenvalue weighted by molar-refractivity contribution is 6.35.